The summed E-state index contributed by atoms with van der Waals surface area (Å²) in [5, 5.41) is 5.57. The van der Waals surface area contributed by atoms with Gasteiger partial charge in [0, 0.05) is 24.4 Å². The van der Waals surface area contributed by atoms with Crippen LogP contribution < -0.4 is 15.8 Å². The Morgan fingerprint density at radius 1 is 1.25 bits per heavy atom. The highest BCUT2D eigenvalue weighted by Gasteiger charge is 2.08. The third-order valence-electron chi connectivity index (χ3n) is 3.34. The summed E-state index contributed by atoms with van der Waals surface area (Å²) < 4.78 is 5.38. The first-order chi connectivity index (χ1) is 9.61. The van der Waals surface area contributed by atoms with Crippen LogP contribution in [0.2, 0.25) is 0 Å². The summed E-state index contributed by atoms with van der Waals surface area (Å²) in [4.78, 5) is 10.9. The molecule has 0 saturated carbocycles. The molecule has 2 aromatic carbocycles. The van der Waals surface area contributed by atoms with Crippen molar-refractivity contribution in [1.82, 2.24) is 5.32 Å². The molecule has 0 radical (unpaired) electrons. The van der Waals surface area contributed by atoms with E-state index in [1.807, 2.05) is 37.3 Å². The Balaban J connectivity index is 2.21. The molecular formula is C16H20N2O2. The van der Waals surface area contributed by atoms with Gasteiger partial charge in [0.15, 0.2) is 0 Å². The Morgan fingerprint density at radius 3 is 2.60 bits per heavy atom. The van der Waals surface area contributed by atoms with E-state index in [1.165, 1.54) is 5.56 Å². The Labute approximate surface area is 118 Å². The number of carbonyl (C=O) groups excluding carboxylic acids is 1. The summed E-state index contributed by atoms with van der Waals surface area (Å²) in [5.74, 6) is 0.583. The molecule has 0 aromatic heterocycles. The number of methoxy groups -OCH3 is 1. The summed E-state index contributed by atoms with van der Waals surface area (Å²) >= 11 is 0. The molecule has 3 N–H and O–H groups in total. The molecule has 1 unspecified atom stereocenters. The van der Waals surface area contributed by atoms with Crippen molar-refractivity contribution in [3.05, 3.63) is 42.0 Å². The minimum Gasteiger partial charge on any atom is -0.496 e. The van der Waals surface area contributed by atoms with E-state index in [0.29, 0.717) is 13.0 Å². The van der Waals surface area contributed by atoms with Crippen LogP contribution in [0.5, 0.6) is 5.75 Å². The molecule has 0 heterocycles. The number of amides is 1. The van der Waals surface area contributed by atoms with Gasteiger partial charge in [-0.15, -0.1) is 0 Å². The number of hydrogen-bond donors (Lipinski definition) is 2. The van der Waals surface area contributed by atoms with Crippen LogP contribution in [0.15, 0.2) is 36.4 Å². The van der Waals surface area contributed by atoms with Gasteiger partial charge in [0.2, 0.25) is 5.91 Å². The van der Waals surface area contributed by atoms with E-state index in [1.54, 1.807) is 7.11 Å². The van der Waals surface area contributed by atoms with Gasteiger partial charge in [-0.3, -0.25) is 4.79 Å². The maximum Gasteiger partial charge on any atom is 0.218 e. The van der Waals surface area contributed by atoms with Crippen LogP contribution in [0.1, 0.15) is 18.9 Å². The van der Waals surface area contributed by atoms with Gasteiger partial charge in [0.1, 0.15) is 5.75 Å². The van der Waals surface area contributed by atoms with Crippen LogP contribution >= 0.6 is 0 Å². The number of hydrogen-bond acceptors (Lipinski definition) is 3. The Morgan fingerprint density at radius 2 is 1.95 bits per heavy atom. The molecule has 0 aliphatic rings. The summed E-state index contributed by atoms with van der Waals surface area (Å²) in [5.41, 5.74) is 6.37. The van der Waals surface area contributed by atoms with E-state index in [4.69, 9.17) is 10.5 Å². The molecule has 1 amide bonds. The van der Waals surface area contributed by atoms with Gasteiger partial charge in [0.25, 0.3) is 0 Å². The van der Waals surface area contributed by atoms with Crippen LogP contribution in [0, 0.1) is 0 Å². The fraction of sp³-hybridized carbons (Fsp3) is 0.312. The molecule has 2 aromatic rings. The highest BCUT2D eigenvalue weighted by atomic mass is 16.5. The molecule has 0 saturated heterocycles. The molecule has 0 bridgehead atoms. The monoisotopic (exact) mass is 272 g/mol. The third kappa shape index (κ3) is 3.27. The first kappa shape index (κ1) is 14.3. The largest absolute Gasteiger partial charge is 0.496 e. The second kappa shape index (κ2) is 6.39. The predicted molar refractivity (Wildman–Crippen MR) is 80.6 cm³/mol. The van der Waals surface area contributed by atoms with Gasteiger partial charge >= 0.3 is 0 Å². The number of benzene rings is 2. The fourth-order valence-electron chi connectivity index (χ4n) is 2.32. The van der Waals surface area contributed by atoms with Gasteiger partial charge in [-0.2, -0.15) is 0 Å². The molecule has 4 nitrogen and oxygen atoms in total. The van der Waals surface area contributed by atoms with Crippen molar-refractivity contribution in [1.29, 1.82) is 0 Å². The van der Waals surface area contributed by atoms with Crippen molar-refractivity contribution in [2.24, 2.45) is 5.73 Å². The zero-order chi connectivity index (χ0) is 14.5. The molecule has 106 valence electrons. The lowest BCUT2D eigenvalue weighted by Crippen LogP contribution is -2.30. The molecule has 0 spiro atoms. The van der Waals surface area contributed by atoms with Crippen molar-refractivity contribution >= 4 is 16.7 Å². The number of carbonyl (C=O) groups is 1. The van der Waals surface area contributed by atoms with Gasteiger partial charge in [-0.05, 0) is 23.9 Å². The fourth-order valence-corrected chi connectivity index (χ4v) is 2.32. The number of nitrogens with two attached hydrogens (primary N) is 1. The minimum absolute atomic E-state index is 0.0633. The van der Waals surface area contributed by atoms with E-state index in [9.17, 15) is 4.79 Å². The minimum atomic E-state index is -0.287. The number of ether oxygens (including phenoxy) is 1. The SMILES string of the molecule is COc1ccc(CNC(C)CC(N)=O)c2ccccc12. The van der Waals surface area contributed by atoms with E-state index in [-0.39, 0.29) is 11.9 Å². The lowest BCUT2D eigenvalue weighted by atomic mass is 10.0. The standard InChI is InChI=1S/C16H20N2O2/c1-11(9-16(17)19)18-10-12-7-8-15(20-2)14-6-4-3-5-13(12)14/h3-8,11,18H,9-10H2,1-2H3,(H2,17,19). The lowest BCUT2D eigenvalue weighted by molar-refractivity contribution is -0.118. The molecule has 4 heteroatoms. The van der Waals surface area contributed by atoms with Crippen LogP contribution in [0.3, 0.4) is 0 Å². The predicted octanol–water partition coefficient (Wildman–Crippen LogP) is 2.20. The lowest BCUT2D eigenvalue weighted by Gasteiger charge is -2.14. The molecule has 0 fully saturated rings. The van der Waals surface area contributed by atoms with Crippen molar-refractivity contribution in [2.75, 3.05) is 7.11 Å². The van der Waals surface area contributed by atoms with E-state index < -0.39 is 0 Å². The number of primary amides is 1. The molecule has 2 rings (SSSR count). The normalized spacial score (nSPS) is 12.3. The van der Waals surface area contributed by atoms with E-state index in [2.05, 4.69) is 11.4 Å². The smallest absolute Gasteiger partial charge is 0.218 e. The van der Waals surface area contributed by atoms with E-state index >= 15 is 0 Å². The highest BCUT2D eigenvalue weighted by Crippen LogP contribution is 2.28. The number of fused-ring (bicyclic) bond motifs is 1. The highest BCUT2D eigenvalue weighted by molar-refractivity contribution is 5.91. The Kier molecular flexibility index (Phi) is 4.58. The van der Waals surface area contributed by atoms with Gasteiger partial charge in [0.05, 0.1) is 7.11 Å². The van der Waals surface area contributed by atoms with Crippen LogP contribution in [-0.4, -0.2) is 19.1 Å². The van der Waals surface area contributed by atoms with Crippen LogP contribution in [0.4, 0.5) is 0 Å². The zero-order valence-electron chi connectivity index (χ0n) is 11.8. The quantitative estimate of drug-likeness (QED) is 0.847. The maximum absolute atomic E-state index is 10.9. The Hall–Kier alpha value is -2.07. The first-order valence-electron chi connectivity index (χ1n) is 6.68. The molecular weight excluding hydrogens is 252 g/mol. The van der Waals surface area contributed by atoms with Gasteiger partial charge < -0.3 is 15.8 Å². The average Bonchev–Trinajstić information content (AvgIpc) is 2.44. The zero-order valence-corrected chi connectivity index (χ0v) is 11.8. The van der Waals surface area contributed by atoms with Crippen molar-refractivity contribution in [2.45, 2.75) is 25.9 Å². The summed E-state index contributed by atoms with van der Waals surface area (Å²) in [7, 11) is 1.68. The Bertz CT molecular complexity index is 610. The van der Waals surface area contributed by atoms with Crippen molar-refractivity contribution in [3.8, 4) is 5.75 Å². The topological polar surface area (TPSA) is 64.3 Å². The molecule has 0 aliphatic heterocycles. The van der Waals surface area contributed by atoms with Crippen molar-refractivity contribution < 1.29 is 9.53 Å². The number of rotatable bonds is 6. The summed E-state index contributed by atoms with van der Waals surface area (Å²) in [6.07, 6.45) is 0.341. The van der Waals surface area contributed by atoms with Gasteiger partial charge in [-0.25, -0.2) is 0 Å². The average molecular weight is 272 g/mol. The van der Waals surface area contributed by atoms with E-state index in [0.717, 1.165) is 16.5 Å². The van der Waals surface area contributed by atoms with Crippen LogP contribution in [0.25, 0.3) is 10.8 Å². The molecule has 1 atom stereocenters. The van der Waals surface area contributed by atoms with Crippen molar-refractivity contribution in [3.63, 3.8) is 0 Å². The third-order valence-corrected chi connectivity index (χ3v) is 3.34. The molecule has 0 aliphatic carbocycles. The van der Waals surface area contributed by atoms with Gasteiger partial charge in [-0.1, -0.05) is 30.3 Å². The number of nitrogens with one attached hydrogen (secondary N) is 1. The van der Waals surface area contributed by atoms with Crippen LogP contribution in [-0.2, 0) is 11.3 Å². The summed E-state index contributed by atoms with van der Waals surface area (Å²) in [6, 6.07) is 12.2. The second-order valence-electron chi connectivity index (χ2n) is 4.92. The summed E-state index contributed by atoms with van der Waals surface area (Å²) in [6.45, 7) is 2.65. The first-order valence-corrected chi connectivity index (χ1v) is 6.68. The second-order valence-corrected chi connectivity index (χ2v) is 4.92. The maximum atomic E-state index is 10.9. The molecule has 20 heavy (non-hydrogen) atoms.